The molecule has 0 spiro atoms. The summed E-state index contributed by atoms with van der Waals surface area (Å²) < 4.78 is 16.2. The molecular weight excluding hydrogens is 362 g/mol. The number of nitrogens with one attached hydrogen (secondary N) is 3. The van der Waals surface area contributed by atoms with Crippen LogP contribution in [0.25, 0.3) is 0 Å². The molecular formula is C20H26N3O5+. The van der Waals surface area contributed by atoms with Gasteiger partial charge in [0.1, 0.15) is 18.8 Å². The molecule has 150 valence electrons. The second kappa shape index (κ2) is 9.91. The first-order valence-electron chi connectivity index (χ1n) is 9.32. The zero-order chi connectivity index (χ0) is 19.8. The summed E-state index contributed by atoms with van der Waals surface area (Å²) in [6.45, 7) is 3.50. The molecule has 8 nitrogen and oxygen atoms in total. The Bertz CT molecular complexity index is 772. The van der Waals surface area contributed by atoms with Crippen LogP contribution in [0.15, 0.2) is 47.1 Å². The number of ether oxygens (including phenoxy) is 2. The Hall–Kier alpha value is -2.84. The van der Waals surface area contributed by atoms with Crippen LogP contribution in [0.3, 0.4) is 0 Å². The van der Waals surface area contributed by atoms with Crippen LogP contribution in [-0.4, -0.2) is 51.8 Å². The van der Waals surface area contributed by atoms with E-state index in [1.54, 1.807) is 19.4 Å². The average Bonchev–Trinajstić information content (AvgIpc) is 3.27. The van der Waals surface area contributed by atoms with Gasteiger partial charge in [0.05, 0.1) is 33.1 Å². The lowest BCUT2D eigenvalue weighted by Gasteiger charge is -2.30. The van der Waals surface area contributed by atoms with Crippen molar-refractivity contribution in [1.29, 1.82) is 0 Å². The van der Waals surface area contributed by atoms with Crippen molar-refractivity contribution in [2.24, 2.45) is 0 Å². The van der Waals surface area contributed by atoms with Gasteiger partial charge in [-0.2, -0.15) is 0 Å². The molecule has 28 heavy (non-hydrogen) atoms. The van der Waals surface area contributed by atoms with Gasteiger partial charge in [0.15, 0.2) is 11.8 Å². The van der Waals surface area contributed by atoms with Crippen molar-refractivity contribution in [2.75, 3.05) is 40.0 Å². The summed E-state index contributed by atoms with van der Waals surface area (Å²) in [4.78, 5) is 25.7. The summed E-state index contributed by atoms with van der Waals surface area (Å²) in [6.07, 6.45) is 1.62. The highest BCUT2D eigenvalue weighted by atomic mass is 16.5. The third kappa shape index (κ3) is 5.11. The number of para-hydroxylation sites is 1. The van der Waals surface area contributed by atoms with E-state index in [0.717, 1.165) is 24.4 Å². The largest absolute Gasteiger partial charge is 0.496 e. The van der Waals surface area contributed by atoms with Gasteiger partial charge in [-0.25, -0.2) is 0 Å². The monoisotopic (exact) mass is 388 g/mol. The molecule has 0 saturated carbocycles. The molecule has 1 aliphatic heterocycles. The number of methoxy groups -OCH3 is 1. The number of quaternary nitrogens is 1. The number of carbonyl (C=O) groups is 2. The number of morpholine rings is 1. The Kier molecular flexibility index (Phi) is 7.05. The number of carbonyl (C=O) groups excluding carboxylic acids is 2. The first kappa shape index (κ1) is 19.9. The van der Waals surface area contributed by atoms with E-state index in [-0.39, 0.29) is 12.6 Å². The van der Waals surface area contributed by atoms with Gasteiger partial charge < -0.3 is 29.4 Å². The maximum absolute atomic E-state index is 12.3. The van der Waals surface area contributed by atoms with E-state index >= 15 is 0 Å². The van der Waals surface area contributed by atoms with E-state index < -0.39 is 11.8 Å². The molecule has 3 N–H and O–H groups in total. The van der Waals surface area contributed by atoms with E-state index in [0.29, 0.717) is 25.5 Å². The Morgan fingerprint density at radius 1 is 1.11 bits per heavy atom. The van der Waals surface area contributed by atoms with Crippen LogP contribution < -0.4 is 20.3 Å². The van der Waals surface area contributed by atoms with Crippen molar-refractivity contribution in [3.05, 3.63) is 54.0 Å². The van der Waals surface area contributed by atoms with Crippen LogP contribution in [-0.2, 0) is 20.9 Å². The number of furan rings is 1. The Balaban J connectivity index is 1.54. The van der Waals surface area contributed by atoms with Gasteiger partial charge in [-0.1, -0.05) is 18.2 Å². The maximum atomic E-state index is 12.3. The lowest BCUT2D eigenvalue weighted by Crippen LogP contribution is -3.15. The van der Waals surface area contributed by atoms with E-state index in [4.69, 9.17) is 13.9 Å². The van der Waals surface area contributed by atoms with Gasteiger partial charge in [0, 0.05) is 12.1 Å². The Morgan fingerprint density at radius 3 is 2.57 bits per heavy atom. The van der Waals surface area contributed by atoms with Crippen LogP contribution in [0.2, 0.25) is 0 Å². The number of benzene rings is 1. The smallest absolute Gasteiger partial charge is 0.309 e. The molecule has 0 aliphatic carbocycles. The molecule has 0 bridgehead atoms. The van der Waals surface area contributed by atoms with Crippen molar-refractivity contribution in [3.8, 4) is 5.75 Å². The summed E-state index contributed by atoms with van der Waals surface area (Å²) in [7, 11) is 1.57. The van der Waals surface area contributed by atoms with Crippen LogP contribution >= 0.6 is 0 Å². The molecule has 1 atom stereocenters. The van der Waals surface area contributed by atoms with Crippen LogP contribution in [0.1, 0.15) is 17.4 Å². The van der Waals surface area contributed by atoms with Crippen LogP contribution in [0, 0.1) is 0 Å². The predicted octanol–water partition coefficient (Wildman–Crippen LogP) is -0.323. The van der Waals surface area contributed by atoms with E-state index in [9.17, 15) is 9.59 Å². The van der Waals surface area contributed by atoms with Crippen molar-refractivity contribution in [1.82, 2.24) is 10.6 Å². The summed E-state index contributed by atoms with van der Waals surface area (Å²) in [5.74, 6) is 0.101. The molecule has 2 heterocycles. The van der Waals surface area contributed by atoms with Gasteiger partial charge in [-0.05, 0) is 18.2 Å². The molecule has 1 aromatic heterocycles. The maximum Gasteiger partial charge on any atom is 0.309 e. The van der Waals surface area contributed by atoms with E-state index in [1.165, 1.54) is 4.90 Å². The number of amides is 2. The highest BCUT2D eigenvalue weighted by Crippen LogP contribution is 2.16. The lowest BCUT2D eigenvalue weighted by molar-refractivity contribution is -0.938. The fourth-order valence-electron chi connectivity index (χ4n) is 3.30. The fourth-order valence-corrected chi connectivity index (χ4v) is 3.30. The number of rotatable bonds is 7. The highest BCUT2D eigenvalue weighted by molar-refractivity contribution is 6.35. The first-order valence-corrected chi connectivity index (χ1v) is 9.32. The van der Waals surface area contributed by atoms with Crippen molar-refractivity contribution >= 4 is 11.8 Å². The van der Waals surface area contributed by atoms with Gasteiger partial charge >= 0.3 is 11.8 Å². The van der Waals surface area contributed by atoms with Gasteiger partial charge in [-0.15, -0.1) is 0 Å². The summed E-state index contributed by atoms with van der Waals surface area (Å²) in [6, 6.07) is 11.0. The van der Waals surface area contributed by atoms with Gasteiger partial charge in [0.25, 0.3) is 0 Å². The molecule has 2 amide bonds. The fraction of sp³-hybridized carbons (Fsp3) is 0.400. The molecule has 1 saturated heterocycles. The molecule has 1 aromatic carbocycles. The van der Waals surface area contributed by atoms with Crippen molar-refractivity contribution in [2.45, 2.75) is 12.6 Å². The van der Waals surface area contributed by atoms with Gasteiger partial charge in [0.2, 0.25) is 0 Å². The van der Waals surface area contributed by atoms with Crippen LogP contribution in [0.4, 0.5) is 0 Å². The standard InChI is InChI=1S/C20H25N3O5/c1-26-17-6-3-2-5-15(17)13-21-19(24)20(25)22-14-16(18-7-4-10-28-18)23-8-11-27-12-9-23/h2-7,10,16H,8-9,11-14H2,1H3,(H,21,24)(H,22,25)/p+1/t16-/m1/s1. The molecule has 1 fully saturated rings. The first-order chi connectivity index (χ1) is 13.7. The molecule has 8 heteroatoms. The normalized spacial score (nSPS) is 15.6. The number of hydrogen-bond donors (Lipinski definition) is 3. The quantitative estimate of drug-likeness (QED) is 0.565. The minimum absolute atomic E-state index is 0.0649. The second-order valence-corrected chi connectivity index (χ2v) is 6.54. The summed E-state index contributed by atoms with van der Waals surface area (Å²) in [5.41, 5.74) is 0.803. The van der Waals surface area contributed by atoms with Gasteiger partial charge in [-0.3, -0.25) is 9.59 Å². The summed E-state index contributed by atoms with van der Waals surface area (Å²) in [5, 5.41) is 5.36. The molecule has 3 rings (SSSR count). The Morgan fingerprint density at radius 2 is 1.86 bits per heavy atom. The second-order valence-electron chi connectivity index (χ2n) is 6.54. The predicted molar refractivity (Wildman–Crippen MR) is 101 cm³/mol. The SMILES string of the molecule is COc1ccccc1CNC(=O)C(=O)NC[C@H](c1ccco1)[NH+]1CCOCC1. The summed E-state index contributed by atoms with van der Waals surface area (Å²) >= 11 is 0. The van der Waals surface area contributed by atoms with Crippen molar-refractivity contribution in [3.63, 3.8) is 0 Å². The van der Waals surface area contributed by atoms with Crippen LogP contribution in [0.5, 0.6) is 5.75 Å². The minimum atomic E-state index is -0.680. The zero-order valence-corrected chi connectivity index (χ0v) is 15.9. The van der Waals surface area contributed by atoms with E-state index in [1.807, 2.05) is 30.3 Å². The lowest BCUT2D eigenvalue weighted by atomic mass is 10.1. The third-order valence-corrected chi connectivity index (χ3v) is 4.82. The van der Waals surface area contributed by atoms with Crippen molar-refractivity contribution < 1.29 is 28.4 Å². The average molecular weight is 388 g/mol. The molecule has 0 unspecified atom stereocenters. The molecule has 2 aromatic rings. The zero-order valence-electron chi connectivity index (χ0n) is 15.9. The topological polar surface area (TPSA) is 94.2 Å². The van der Waals surface area contributed by atoms with E-state index in [2.05, 4.69) is 10.6 Å². The molecule has 1 aliphatic rings. The molecule has 0 radical (unpaired) electrons. The number of hydrogen-bond acceptors (Lipinski definition) is 5. The highest BCUT2D eigenvalue weighted by Gasteiger charge is 2.29. The Labute approximate surface area is 163 Å². The third-order valence-electron chi connectivity index (χ3n) is 4.82. The minimum Gasteiger partial charge on any atom is -0.496 e.